The molecule has 0 unspecified atom stereocenters. The fourth-order valence-electron chi connectivity index (χ4n) is 4.93. The fraction of sp³-hybridized carbons (Fsp3) is 0.310. The van der Waals surface area contributed by atoms with Crippen molar-refractivity contribution in [3.05, 3.63) is 93.7 Å². The second-order valence-corrected chi connectivity index (χ2v) is 9.70. The highest BCUT2D eigenvalue weighted by Crippen LogP contribution is 2.33. The molecule has 0 aliphatic heterocycles. The van der Waals surface area contributed by atoms with Crippen LogP contribution in [-0.2, 0) is 19.9 Å². The van der Waals surface area contributed by atoms with Gasteiger partial charge in [-0.25, -0.2) is 4.79 Å². The Labute approximate surface area is 216 Å². The van der Waals surface area contributed by atoms with Gasteiger partial charge >= 0.3 is 5.69 Å². The maximum absolute atomic E-state index is 12.5. The summed E-state index contributed by atoms with van der Waals surface area (Å²) < 4.78 is 2.58. The molecule has 0 atom stereocenters. The van der Waals surface area contributed by atoms with Crippen molar-refractivity contribution in [3.8, 4) is 16.9 Å². The number of unbranched alkanes of at least 4 members (excludes halogenated alkanes) is 1. The number of hydrogen-bond acceptors (Lipinski definition) is 5. The highest BCUT2D eigenvalue weighted by Gasteiger charge is 2.16. The summed E-state index contributed by atoms with van der Waals surface area (Å²) in [6.07, 6.45) is 7.93. The summed E-state index contributed by atoms with van der Waals surface area (Å²) in [5.74, 6) is 0. The van der Waals surface area contributed by atoms with Gasteiger partial charge in [-0.3, -0.25) is 4.98 Å². The number of nitrogens with zero attached hydrogens (tertiary/aromatic N) is 5. The molecule has 3 aromatic heterocycles. The molecule has 2 N–H and O–H groups in total. The van der Waals surface area contributed by atoms with Gasteiger partial charge in [-0.2, -0.15) is 9.36 Å². The van der Waals surface area contributed by atoms with Gasteiger partial charge in [0.05, 0.1) is 5.69 Å². The van der Waals surface area contributed by atoms with Gasteiger partial charge in [0, 0.05) is 36.0 Å². The van der Waals surface area contributed by atoms with E-state index in [0.29, 0.717) is 5.69 Å². The maximum atomic E-state index is 12.5. The number of nitrogens with one attached hydrogen (secondary N) is 2. The number of hydrogen-bond donors (Lipinski definition) is 2. The molecule has 0 saturated carbocycles. The van der Waals surface area contributed by atoms with Crippen molar-refractivity contribution in [2.45, 2.75) is 39.5 Å². The zero-order valence-electron chi connectivity index (χ0n) is 21.7. The normalized spacial score (nSPS) is 11.4. The van der Waals surface area contributed by atoms with E-state index in [9.17, 15) is 4.79 Å². The Bertz CT molecular complexity index is 1540. The van der Waals surface area contributed by atoms with Crippen molar-refractivity contribution in [2.24, 2.45) is 7.05 Å². The fourth-order valence-corrected chi connectivity index (χ4v) is 4.93. The van der Waals surface area contributed by atoms with E-state index in [4.69, 9.17) is 0 Å². The van der Waals surface area contributed by atoms with Gasteiger partial charge in [0.2, 0.25) is 0 Å². The molecular formula is C29H33N7O. The first kappa shape index (κ1) is 24.6. The van der Waals surface area contributed by atoms with Gasteiger partial charge in [-0.1, -0.05) is 23.3 Å². The zero-order chi connectivity index (χ0) is 25.8. The summed E-state index contributed by atoms with van der Waals surface area (Å²) in [5.41, 5.74) is 8.79. The maximum Gasteiger partial charge on any atom is 0.368 e. The Hall–Kier alpha value is -4.04. The van der Waals surface area contributed by atoms with E-state index in [2.05, 4.69) is 63.8 Å². The van der Waals surface area contributed by atoms with Gasteiger partial charge in [0.1, 0.15) is 0 Å². The third kappa shape index (κ3) is 5.54. The second kappa shape index (κ2) is 10.9. The van der Waals surface area contributed by atoms with Crippen LogP contribution >= 0.6 is 0 Å². The zero-order valence-corrected chi connectivity index (χ0v) is 21.7. The minimum Gasteiger partial charge on any atom is -0.354 e. The predicted octanol–water partition coefficient (Wildman–Crippen LogP) is 4.28. The predicted molar refractivity (Wildman–Crippen MR) is 147 cm³/mol. The molecule has 5 rings (SSSR count). The second-order valence-electron chi connectivity index (χ2n) is 9.70. The number of H-pyrrole nitrogens is 1. The molecule has 3 heterocycles. The smallest absolute Gasteiger partial charge is 0.354 e. The standard InChI is InChI=1S/C29H33N7O/c1-20-15-21(2)17-23(16-20)28-25(11-14-30-12-5-4-7-22-8-6-13-31-19-22)26-18-24(9-10-27(26)32-28)36-29(37)35(3)33-34-36/h6,8-10,13,15-19,30,32H,4-5,7,11-12,14H2,1-3H3. The number of pyridine rings is 1. The summed E-state index contributed by atoms with van der Waals surface area (Å²) in [7, 11) is 1.60. The molecular weight excluding hydrogens is 462 g/mol. The Kier molecular flexibility index (Phi) is 7.28. The number of benzene rings is 2. The van der Waals surface area contributed by atoms with Crippen molar-refractivity contribution in [2.75, 3.05) is 13.1 Å². The summed E-state index contributed by atoms with van der Waals surface area (Å²) >= 11 is 0. The van der Waals surface area contributed by atoms with E-state index in [-0.39, 0.29) is 5.69 Å². The highest BCUT2D eigenvalue weighted by atomic mass is 16.2. The lowest BCUT2D eigenvalue weighted by atomic mass is 9.99. The molecule has 5 aromatic rings. The van der Waals surface area contributed by atoms with Crippen molar-refractivity contribution in [3.63, 3.8) is 0 Å². The lowest BCUT2D eigenvalue weighted by molar-refractivity contribution is 0.623. The Balaban J connectivity index is 1.37. The van der Waals surface area contributed by atoms with E-state index in [1.54, 1.807) is 7.05 Å². The van der Waals surface area contributed by atoms with Crippen LogP contribution in [0.25, 0.3) is 27.8 Å². The first-order valence-corrected chi connectivity index (χ1v) is 12.8. The number of aryl methyl sites for hydroxylation is 4. The number of tetrazole rings is 1. The Morgan fingerprint density at radius 3 is 2.51 bits per heavy atom. The molecule has 8 nitrogen and oxygen atoms in total. The van der Waals surface area contributed by atoms with Crippen LogP contribution in [0.2, 0.25) is 0 Å². The number of aromatic nitrogens is 6. The molecule has 0 saturated heterocycles. The van der Waals surface area contributed by atoms with Crippen LogP contribution in [0.15, 0.2) is 65.7 Å². The van der Waals surface area contributed by atoms with E-state index in [0.717, 1.165) is 55.4 Å². The Morgan fingerprint density at radius 1 is 0.946 bits per heavy atom. The van der Waals surface area contributed by atoms with Crippen LogP contribution in [0, 0.1) is 13.8 Å². The summed E-state index contributed by atoms with van der Waals surface area (Å²) in [5, 5.41) is 12.6. The monoisotopic (exact) mass is 495 g/mol. The van der Waals surface area contributed by atoms with Crippen LogP contribution < -0.4 is 11.0 Å². The molecule has 0 amide bonds. The minimum absolute atomic E-state index is 0.265. The van der Waals surface area contributed by atoms with Gasteiger partial charge in [0.25, 0.3) is 0 Å². The number of aromatic amines is 1. The molecule has 0 bridgehead atoms. The van der Waals surface area contributed by atoms with Crippen LogP contribution in [0.4, 0.5) is 0 Å². The molecule has 2 aromatic carbocycles. The molecule has 0 fully saturated rings. The minimum atomic E-state index is -0.265. The van der Waals surface area contributed by atoms with E-state index in [1.807, 2.05) is 36.7 Å². The van der Waals surface area contributed by atoms with Crippen molar-refractivity contribution in [1.82, 2.24) is 35.1 Å². The average Bonchev–Trinajstić information content (AvgIpc) is 3.42. The van der Waals surface area contributed by atoms with Crippen molar-refractivity contribution in [1.29, 1.82) is 0 Å². The average molecular weight is 496 g/mol. The van der Waals surface area contributed by atoms with Crippen LogP contribution in [0.1, 0.15) is 35.1 Å². The molecule has 0 radical (unpaired) electrons. The largest absolute Gasteiger partial charge is 0.368 e. The summed E-state index contributed by atoms with van der Waals surface area (Å²) in [4.78, 5) is 20.3. The van der Waals surface area contributed by atoms with Crippen LogP contribution in [0.3, 0.4) is 0 Å². The Morgan fingerprint density at radius 2 is 1.78 bits per heavy atom. The van der Waals surface area contributed by atoms with Crippen LogP contribution in [-0.4, -0.2) is 42.8 Å². The molecule has 0 aliphatic carbocycles. The van der Waals surface area contributed by atoms with Crippen LogP contribution in [0.5, 0.6) is 0 Å². The molecule has 190 valence electrons. The lowest BCUT2D eigenvalue weighted by Crippen LogP contribution is -2.21. The van der Waals surface area contributed by atoms with Crippen molar-refractivity contribution < 1.29 is 0 Å². The van der Waals surface area contributed by atoms with E-state index < -0.39 is 0 Å². The van der Waals surface area contributed by atoms with Gasteiger partial charge in [-0.15, -0.1) is 0 Å². The van der Waals surface area contributed by atoms with Crippen molar-refractivity contribution >= 4 is 10.9 Å². The quantitative estimate of drug-likeness (QED) is 0.282. The first-order valence-electron chi connectivity index (χ1n) is 12.8. The third-order valence-corrected chi connectivity index (χ3v) is 6.71. The number of rotatable bonds is 10. The molecule has 37 heavy (non-hydrogen) atoms. The molecule has 8 heteroatoms. The topological polar surface area (TPSA) is 93.4 Å². The molecule has 0 spiro atoms. The van der Waals surface area contributed by atoms with Gasteiger partial charge < -0.3 is 10.3 Å². The number of fused-ring (bicyclic) bond motifs is 1. The van der Waals surface area contributed by atoms with E-state index >= 15 is 0 Å². The lowest BCUT2D eigenvalue weighted by Gasteiger charge is -2.09. The first-order chi connectivity index (χ1) is 18.0. The highest BCUT2D eigenvalue weighted by molar-refractivity contribution is 5.92. The molecule has 0 aliphatic rings. The summed E-state index contributed by atoms with van der Waals surface area (Å²) in [6, 6.07) is 16.7. The summed E-state index contributed by atoms with van der Waals surface area (Å²) in [6.45, 7) is 6.10. The van der Waals surface area contributed by atoms with Gasteiger partial charge in [-0.05, 0) is 116 Å². The SMILES string of the molecule is Cc1cc(C)cc(-c2[nH]c3ccc(-n4nnn(C)c4=O)cc3c2CCNCCCCc2cccnc2)c1. The van der Waals surface area contributed by atoms with E-state index in [1.165, 1.54) is 37.2 Å². The van der Waals surface area contributed by atoms with Gasteiger partial charge in [0.15, 0.2) is 0 Å². The third-order valence-electron chi connectivity index (χ3n) is 6.71.